The Kier molecular flexibility index (Phi) is 6.40. The normalized spacial score (nSPS) is 19.0. The van der Waals surface area contributed by atoms with E-state index in [1.807, 2.05) is 0 Å². The van der Waals surface area contributed by atoms with Gasteiger partial charge in [0.05, 0.1) is 35.2 Å². The molecule has 0 spiro atoms. The second-order valence-corrected chi connectivity index (χ2v) is 11.0. The molecular weight excluding hydrogens is 499 g/mol. The lowest BCUT2D eigenvalue weighted by atomic mass is 9.88. The number of hydrogen-bond acceptors (Lipinski definition) is 5. The number of nitrogens with zero attached hydrogens (tertiary/aromatic N) is 3. The number of fused-ring (bicyclic) bond motifs is 1. The zero-order valence-corrected chi connectivity index (χ0v) is 20.9. The maximum absolute atomic E-state index is 13.7. The number of sulfonamides is 1. The van der Waals surface area contributed by atoms with E-state index in [1.54, 1.807) is 26.8 Å². The standard InChI is InChI=1S/C23H26F3N5O4S/c1-12-5-6-17(29-36(4,34)35)16(9-12)22(33)30-8-7-15(23(24,25)26)10-19(30)18-11-20-27-14(3)13(2)21(32)31(20)28-18/h5-6,9,11,15,19,28-29H,7-8,10H2,1-4H3/t15-,19-/m0/s1. The number of H-pyrrole nitrogens is 1. The van der Waals surface area contributed by atoms with Gasteiger partial charge in [-0.1, -0.05) is 11.6 Å². The van der Waals surface area contributed by atoms with Crippen LogP contribution in [-0.2, 0) is 10.0 Å². The highest BCUT2D eigenvalue weighted by Gasteiger charge is 2.46. The number of hydrogen-bond donors (Lipinski definition) is 2. The van der Waals surface area contributed by atoms with E-state index in [9.17, 15) is 31.2 Å². The van der Waals surface area contributed by atoms with E-state index in [4.69, 9.17) is 0 Å². The summed E-state index contributed by atoms with van der Waals surface area (Å²) in [5, 5.41) is 2.84. The largest absolute Gasteiger partial charge is 0.391 e. The Bertz CT molecular complexity index is 1510. The summed E-state index contributed by atoms with van der Waals surface area (Å²) in [5.41, 5.74) is 1.69. The summed E-state index contributed by atoms with van der Waals surface area (Å²) in [6.07, 6.45) is -4.25. The van der Waals surface area contributed by atoms with Crippen molar-refractivity contribution in [2.75, 3.05) is 17.5 Å². The minimum Gasteiger partial charge on any atom is -0.330 e. The van der Waals surface area contributed by atoms with Gasteiger partial charge in [-0.25, -0.2) is 17.9 Å². The third-order valence-electron chi connectivity index (χ3n) is 6.49. The van der Waals surface area contributed by atoms with Gasteiger partial charge < -0.3 is 4.90 Å². The zero-order chi connectivity index (χ0) is 26.6. The molecular formula is C23H26F3N5O4S. The van der Waals surface area contributed by atoms with Crippen LogP contribution in [0.15, 0.2) is 29.1 Å². The summed E-state index contributed by atoms with van der Waals surface area (Å²) in [4.78, 5) is 32.0. The molecule has 3 heterocycles. The van der Waals surface area contributed by atoms with Crippen LogP contribution in [0.4, 0.5) is 18.9 Å². The van der Waals surface area contributed by atoms with E-state index in [0.29, 0.717) is 16.8 Å². The molecule has 194 valence electrons. The van der Waals surface area contributed by atoms with E-state index >= 15 is 0 Å². The van der Waals surface area contributed by atoms with Gasteiger partial charge in [0.2, 0.25) is 10.0 Å². The summed E-state index contributed by atoms with van der Waals surface area (Å²) >= 11 is 0. The Balaban J connectivity index is 1.82. The third kappa shape index (κ3) is 4.97. The molecule has 2 aromatic heterocycles. The number of anilines is 1. The Morgan fingerprint density at radius 1 is 1.19 bits per heavy atom. The number of carbonyl (C=O) groups is 1. The first kappa shape index (κ1) is 25.7. The first-order valence-corrected chi connectivity index (χ1v) is 13.1. The van der Waals surface area contributed by atoms with Gasteiger partial charge in [0.25, 0.3) is 11.5 Å². The third-order valence-corrected chi connectivity index (χ3v) is 7.08. The molecule has 0 radical (unpaired) electrons. The molecule has 1 fully saturated rings. The fourth-order valence-electron chi connectivity index (χ4n) is 4.49. The summed E-state index contributed by atoms with van der Waals surface area (Å²) in [7, 11) is -3.72. The molecule has 1 aliphatic rings. The number of rotatable bonds is 4. The molecule has 4 rings (SSSR count). The van der Waals surface area contributed by atoms with Crippen molar-refractivity contribution in [1.29, 1.82) is 0 Å². The summed E-state index contributed by atoms with van der Waals surface area (Å²) in [6, 6.07) is 4.99. The molecule has 36 heavy (non-hydrogen) atoms. The molecule has 0 aliphatic carbocycles. The van der Waals surface area contributed by atoms with E-state index < -0.39 is 40.5 Å². The van der Waals surface area contributed by atoms with Gasteiger partial charge in [-0.05, 0) is 45.7 Å². The first-order valence-electron chi connectivity index (χ1n) is 11.2. The van der Waals surface area contributed by atoms with Gasteiger partial charge in [-0.3, -0.25) is 19.4 Å². The second kappa shape index (κ2) is 8.95. The van der Waals surface area contributed by atoms with Gasteiger partial charge in [-0.2, -0.15) is 13.2 Å². The maximum atomic E-state index is 13.7. The van der Waals surface area contributed by atoms with Crippen LogP contribution < -0.4 is 10.3 Å². The van der Waals surface area contributed by atoms with E-state index in [-0.39, 0.29) is 41.1 Å². The summed E-state index contributed by atoms with van der Waals surface area (Å²) in [6.45, 7) is 4.76. The van der Waals surface area contributed by atoms with Gasteiger partial charge in [-0.15, -0.1) is 0 Å². The number of piperidine rings is 1. The average Bonchev–Trinajstić information content (AvgIpc) is 3.20. The number of benzene rings is 1. The Hall–Kier alpha value is -3.35. The Labute approximate surface area is 205 Å². The van der Waals surface area contributed by atoms with Crippen LogP contribution in [-0.4, -0.2) is 52.8 Å². The van der Waals surface area contributed by atoms with E-state index in [1.165, 1.54) is 23.1 Å². The number of nitrogens with one attached hydrogen (secondary N) is 2. The number of aromatic nitrogens is 3. The molecule has 0 bridgehead atoms. The van der Waals surface area contributed by atoms with Gasteiger partial charge >= 0.3 is 6.18 Å². The van der Waals surface area contributed by atoms with E-state index in [0.717, 1.165) is 10.8 Å². The van der Waals surface area contributed by atoms with Crippen LogP contribution in [0, 0.1) is 26.7 Å². The van der Waals surface area contributed by atoms with Crippen LogP contribution in [0.3, 0.4) is 0 Å². The highest BCUT2D eigenvalue weighted by Crippen LogP contribution is 2.42. The number of aryl methyl sites for hydroxylation is 2. The van der Waals surface area contributed by atoms with Gasteiger partial charge in [0.15, 0.2) is 5.65 Å². The molecule has 1 saturated heterocycles. The molecule has 1 amide bonds. The average molecular weight is 526 g/mol. The predicted octanol–water partition coefficient (Wildman–Crippen LogP) is 3.48. The fraction of sp³-hybridized carbons (Fsp3) is 0.435. The van der Waals surface area contributed by atoms with Crippen molar-refractivity contribution in [1.82, 2.24) is 19.5 Å². The molecule has 0 unspecified atom stereocenters. The number of likely N-dealkylation sites (tertiary alicyclic amines) is 1. The highest BCUT2D eigenvalue weighted by molar-refractivity contribution is 7.92. The summed E-state index contributed by atoms with van der Waals surface area (Å²) < 4.78 is 68.3. The summed E-state index contributed by atoms with van der Waals surface area (Å²) in [5.74, 6) is -2.28. The lowest BCUT2D eigenvalue weighted by Crippen LogP contribution is -2.44. The SMILES string of the molecule is Cc1ccc(NS(C)(=O)=O)c(C(=O)N2CC[C@H](C(F)(F)F)C[C@H]2c2cc3nc(C)c(C)c(=O)n3[nH]2)c1. The van der Waals surface area contributed by atoms with Crippen LogP contribution in [0.1, 0.15) is 51.8 Å². The number of amides is 1. The predicted molar refractivity (Wildman–Crippen MR) is 127 cm³/mol. The van der Waals surface area contributed by atoms with Crippen molar-refractivity contribution in [3.63, 3.8) is 0 Å². The minimum atomic E-state index is -4.46. The molecule has 3 aromatic rings. The second-order valence-electron chi connectivity index (χ2n) is 9.23. The van der Waals surface area contributed by atoms with Gasteiger partial charge in [0, 0.05) is 23.9 Å². The Morgan fingerprint density at radius 3 is 2.53 bits per heavy atom. The van der Waals surface area contributed by atoms with E-state index in [2.05, 4.69) is 14.8 Å². The molecule has 1 aromatic carbocycles. The number of alkyl halides is 3. The van der Waals surface area contributed by atoms with Crippen molar-refractivity contribution in [3.8, 4) is 0 Å². The Morgan fingerprint density at radius 2 is 1.89 bits per heavy atom. The molecule has 2 atom stereocenters. The van der Waals surface area contributed by atoms with Crippen LogP contribution >= 0.6 is 0 Å². The quantitative estimate of drug-likeness (QED) is 0.541. The van der Waals surface area contributed by atoms with Crippen LogP contribution in [0.2, 0.25) is 0 Å². The molecule has 9 nitrogen and oxygen atoms in total. The van der Waals surface area contributed by atoms with Crippen molar-refractivity contribution < 1.29 is 26.4 Å². The minimum absolute atomic E-state index is 0.0222. The lowest BCUT2D eigenvalue weighted by Gasteiger charge is -2.39. The molecule has 0 saturated carbocycles. The molecule has 1 aliphatic heterocycles. The van der Waals surface area contributed by atoms with Crippen molar-refractivity contribution >= 4 is 27.3 Å². The van der Waals surface area contributed by atoms with Crippen molar-refractivity contribution in [3.05, 3.63) is 62.7 Å². The van der Waals surface area contributed by atoms with Crippen molar-refractivity contribution in [2.45, 2.75) is 45.8 Å². The van der Waals surface area contributed by atoms with Crippen LogP contribution in [0.5, 0.6) is 0 Å². The van der Waals surface area contributed by atoms with Crippen LogP contribution in [0.25, 0.3) is 5.65 Å². The van der Waals surface area contributed by atoms with Crippen molar-refractivity contribution in [2.24, 2.45) is 5.92 Å². The molecule has 13 heteroatoms. The topological polar surface area (TPSA) is 117 Å². The lowest BCUT2D eigenvalue weighted by molar-refractivity contribution is -0.188. The number of carbonyl (C=O) groups excluding carboxylic acids is 1. The monoisotopic (exact) mass is 525 g/mol. The highest BCUT2D eigenvalue weighted by atomic mass is 32.2. The fourth-order valence-corrected chi connectivity index (χ4v) is 5.06. The smallest absolute Gasteiger partial charge is 0.330 e. The molecule has 2 N–H and O–H groups in total. The number of aromatic amines is 1. The maximum Gasteiger partial charge on any atom is 0.391 e. The van der Waals surface area contributed by atoms with Gasteiger partial charge in [0.1, 0.15) is 0 Å². The number of halogens is 3. The zero-order valence-electron chi connectivity index (χ0n) is 20.1. The first-order chi connectivity index (χ1) is 16.7.